The molecule has 0 aromatic heterocycles. The Morgan fingerprint density at radius 1 is 0.577 bits per heavy atom. The van der Waals surface area contributed by atoms with E-state index in [9.17, 15) is 10.2 Å². The Balaban J connectivity index is 1.36. The number of hydrogen-bond donors (Lipinski definition) is 2. The van der Waals surface area contributed by atoms with Crippen LogP contribution in [-0.4, -0.2) is 79.1 Å². The quantitative estimate of drug-likeness (QED) is 0.120. The van der Waals surface area contributed by atoms with E-state index < -0.39 is 54.9 Å². The predicted octanol–water partition coefficient (Wildman–Crippen LogP) is 6.01. The average Bonchev–Trinajstić information content (AvgIpc) is 3.20. The van der Waals surface area contributed by atoms with Gasteiger partial charge in [-0.05, 0) is 29.2 Å². The SMILES string of the molecule is CCO[C@@H]1O[C@@H](CO)C=C[C@H]1[C@@H](O)[C@@H]1O[C@H](COCc2ccccc2)[C@@H](OCc2ccccc2)[C@H](OCc2ccccc2)[C@H]1OCc1ccccc1. The van der Waals surface area contributed by atoms with Crippen LogP contribution in [0.25, 0.3) is 0 Å². The van der Waals surface area contributed by atoms with Crippen LogP contribution in [0.15, 0.2) is 133 Å². The zero-order valence-corrected chi connectivity index (χ0v) is 29.6. The molecule has 1 saturated heterocycles. The molecule has 0 radical (unpaired) electrons. The van der Waals surface area contributed by atoms with Crippen molar-refractivity contribution in [1.29, 1.82) is 0 Å². The summed E-state index contributed by atoms with van der Waals surface area (Å²) >= 11 is 0. The van der Waals surface area contributed by atoms with Gasteiger partial charge >= 0.3 is 0 Å². The van der Waals surface area contributed by atoms with Gasteiger partial charge in [-0.15, -0.1) is 0 Å². The average molecular weight is 711 g/mol. The number of hydrogen-bond acceptors (Lipinski definition) is 9. The molecule has 0 spiro atoms. The Morgan fingerprint density at radius 2 is 1.06 bits per heavy atom. The van der Waals surface area contributed by atoms with Gasteiger partial charge in [-0.25, -0.2) is 0 Å². The number of ether oxygens (including phenoxy) is 7. The van der Waals surface area contributed by atoms with E-state index in [4.69, 9.17) is 33.2 Å². The van der Waals surface area contributed by atoms with Crippen LogP contribution in [0.4, 0.5) is 0 Å². The highest BCUT2D eigenvalue weighted by atomic mass is 16.7. The highest BCUT2D eigenvalue weighted by molar-refractivity contribution is 5.17. The lowest BCUT2D eigenvalue weighted by atomic mass is 9.85. The highest BCUT2D eigenvalue weighted by Crippen LogP contribution is 2.36. The van der Waals surface area contributed by atoms with E-state index >= 15 is 0 Å². The minimum atomic E-state index is -1.15. The molecule has 6 rings (SSSR count). The topological polar surface area (TPSA) is 105 Å². The zero-order valence-electron chi connectivity index (χ0n) is 29.6. The molecular formula is C43H50O9. The van der Waals surface area contributed by atoms with Crippen LogP contribution < -0.4 is 0 Å². The fourth-order valence-corrected chi connectivity index (χ4v) is 6.66. The molecule has 2 aliphatic rings. The Labute approximate surface area is 306 Å². The second-order valence-corrected chi connectivity index (χ2v) is 13.1. The number of aliphatic hydroxyl groups excluding tert-OH is 2. The van der Waals surface area contributed by atoms with Gasteiger partial charge in [0.1, 0.15) is 36.6 Å². The van der Waals surface area contributed by atoms with Gasteiger partial charge in [0, 0.05) is 6.61 Å². The second-order valence-electron chi connectivity index (χ2n) is 13.1. The molecule has 9 nitrogen and oxygen atoms in total. The lowest BCUT2D eigenvalue weighted by Gasteiger charge is -2.49. The maximum atomic E-state index is 12.3. The number of aliphatic hydroxyl groups is 2. The molecule has 0 bridgehead atoms. The number of benzene rings is 4. The van der Waals surface area contributed by atoms with Crippen LogP contribution in [0, 0.1) is 5.92 Å². The smallest absolute Gasteiger partial charge is 0.167 e. The van der Waals surface area contributed by atoms with Gasteiger partial charge in [0.15, 0.2) is 6.29 Å². The molecule has 0 unspecified atom stereocenters. The molecule has 0 saturated carbocycles. The second kappa shape index (κ2) is 19.9. The summed E-state index contributed by atoms with van der Waals surface area (Å²) in [7, 11) is 0. The summed E-state index contributed by atoms with van der Waals surface area (Å²) in [5.41, 5.74) is 3.98. The van der Waals surface area contributed by atoms with Crippen molar-refractivity contribution in [2.24, 2.45) is 5.92 Å². The molecule has 0 aliphatic carbocycles. The van der Waals surface area contributed by atoms with Crippen molar-refractivity contribution in [3.63, 3.8) is 0 Å². The van der Waals surface area contributed by atoms with Crippen LogP contribution in [-0.2, 0) is 59.6 Å². The van der Waals surface area contributed by atoms with Gasteiger partial charge in [-0.3, -0.25) is 0 Å². The van der Waals surface area contributed by atoms with E-state index in [-0.39, 0.29) is 26.4 Å². The van der Waals surface area contributed by atoms with E-state index in [2.05, 4.69) is 0 Å². The summed E-state index contributed by atoms with van der Waals surface area (Å²) in [5, 5.41) is 22.2. The minimum Gasteiger partial charge on any atom is -0.393 e. The maximum absolute atomic E-state index is 12.3. The normalized spacial score (nSPS) is 26.6. The standard InChI is InChI=1S/C43H50O9/c1-2-47-43-36(24-23-35(25-44)51-43)38(45)40-42(50-29-34-21-13-6-14-22-34)41(49-28-33-19-11-5-12-20-33)39(48-27-32-17-9-4-10-18-32)37(52-40)30-46-26-31-15-7-3-8-16-31/h3-24,35-45H,2,25-30H2,1H3/t35-,36+,37-,38-,39-,40+,41+,42+,43-/m1/s1. The summed E-state index contributed by atoms with van der Waals surface area (Å²) in [6, 6.07) is 39.8. The van der Waals surface area contributed by atoms with Gasteiger partial charge in [0.05, 0.1) is 51.7 Å². The van der Waals surface area contributed by atoms with E-state index in [1.165, 1.54) is 0 Å². The van der Waals surface area contributed by atoms with Crippen molar-refractivity contribution in [2.75, 3.05) is 19.8 Å². The zero-order chi connectivity index (χ0) is 36.0. The maximum Gasteiger partial charge on any atom is 0.167 e. The molecule has 1 fully saturated rings. The van der Waals surface area contributed by atoms with Crippen molar-refractivity contribution in [3.8, 4) is 0 Å². The first-order valence-corrected chi connectivity index (χ1v) is 18.1. The minimum absolute atomic E-state index is 0.173. The molecule has 2 heterocycles. The van der Waals surface area contributed by atoms with Crippen LogP contribution >= 0.6 is 0 Å². The van der Waals surface area contributed by atoms with Gasteiger partial charge in [0.2, 0.25) is 0 Å². The van der Waals surface area contributed by atoms with Gasteiger partial charge < -0.3 is 43.4 Å². The molecule has 2 aliphatic heterocycles. The summed E-state index contributed by atoms with van der Waals surface area (Å²) in [5.74, 6) is -0.627. The lowest BCUT2D eigenvalue weighted by Crippen LogP contribution is -2.65. The molecule has 9 heteroatoms. The molecular weight excluding hydrogens is 660 g/mol. The molecule has 4 aromatic rings. The van der Waals surface area contributed by atoms with Crippen LogP contribution in [0.2, 0.25) is 0 Å². The van der Waals surface area contributed by atoms with E-state index in [1.807, 2.05) is 134 Å². The lowest BCUT2D eigenvalue weighted by molar-refractivity contribution is -0.298. The fraction of sp³-hybridized carbons (Fsp3) is 0.395. The van der Waals surface area contributed by atoms with Crippen molar-refractivity contribution in [2.45, 2.75) is 82.4 Å². The fourth-order valence-electron chi connectivity index (χ4n) is 6.66. The van der Waals surface area contributed by atoms with Crippen LogP contribution in [0.3, 0.4) is 0 Å². The van der Waals surface area contributed by atoms with Crippen molar-refractivity contribution < 1.29 is 43.4 Å². The summed E-state index contributed by atoms with van der Waals surface area (Å²) in [6.45, 7) is 3.41. The first kappa shape index (κ1) is 38.0. The first-order chi connectivity index (χ1) is 25.6. The Bertz CT molecular complexity index is 1590. The van der Waals surface area contributed by atoms with Crippen LogP contribution in [0.1, 0.15) is 29.2 Å². The van der Waals surface area contributed by atoms with E-state index in [1.54, 1.807) is 6.08 Å². The monoisotopic (exact) mass is 710 g/mol. The third kappa shape index (κ3) is 10.4. The van der Waals surface area contributed by atoms with E-state index in [0.29, 0.717) is 19.8 Å². The molecule has 276 valence electrons. The van der Waals surface area contributed by atoms with Crippen LogP contribution in [0.5, 0.6) is 0 Å². The van der Waals surface area contributed by atoms with Gasteiger partial charge in [0.25, 0.3) is 0 Å². The molecule has 9 atom stereocenters. The third-order valence-electron chi connectivity index (χ3n) is 9.33. The van der Waals surface area contributed by atoms with Crippen molar-refractivity contribution in [3.05, 3.63) is 156 Å². The number of rotatable bonds is 18. The summed E-state index contributed by atoms with van der Waals surface area (Å²) in [4.78, 5) is 0. The first-order valence-electron chi connectivity index (χ1n) is 18.1. The van der Waals surface area contributed by atoms with Crippen molar-refractivity contribution in [1.82, 2.24) is 0 Å². The largest absolute Gasteiger partial charge is 0.393 e. The van der Waals surface area contributed by atoms with Gasteiger partial charge in [-0.1, -0.05) is 133 Å². The summed E-state index contributed by atoms with van der Waals surface area (Å²) < 4.78 is 45.6. The molecule has 0 amide bonds. The van der Waals surface area contributed by atoms with Crippen molar-refractivity contribution >= 4 is 0 Å². The predicted molar refractivity (Wildman–Crippen MR) is 196 cm³/mol. The molecule has 52 heavy (non-hydrogen) atoms. The Hall–Kier alpha value is -3.74. The third-order valence-corrected chi connectivity index (χ3v) is 9.33. The van der Waals surface area contributed by atoms with Gasteiger partial charge in [-0.2, -0.15) is 0 Å². The highest BCUT2D eigenvalue weighted by Gasteiger charge is 2.53. The Kier molecular flexibility index (Phi) is 14.6. The molecule has 2 N–H and O–H groups in total. The Morgan fingerprint density at radius 3 is 1.56 bits per heavy atom. The van der Waals surface area contributed by atoms with E-state index in [0.717, 1.165) is 22.3 Å². The summed E-state index contributed by atoms with van der Waals surface area (Å²) in [6.07, 6.45) is -2.57. The molecule has 4 aromatic carbocycles.